The molecule has 4 N–H and O–H groups in total. The van der Waals surface area contributed by atoms with Gasteiger partial charge in [-0.3, -0.25) is 9.59 Å². The lowest BCUT2D eigenvalue weighted by Crippen LogP contribution is -2.51. The summed E-state index contributed by atoms with van der Waals surface area (Å²) in [7, 11) is 1.47. The molecule has 0 saturated heterocycles. The van der Waals surface area contributed by atoms with Gasteiger partial charge in [-0.05, 0) is 59.9 Å². The van der Waals surface area contributed by atoms with E-state index >= 15 is 0 Å². The van der Waals surface area contributed by atoms with Crippen molar-refractivity contribution < 1.29 is 38.5 Å². The highest BCUT2D eigenvalue weighted by atomic mass is 16.6. The minimum Gasteiger partial charge on any atom is -0.454 e. The van der Waals surface area contributed by atoms with Crippen molar-refractivity contribution in [3.63, 3.8) is 0 Å². The molecule has 5 rings (SSSR count). The maximum Gasteiger partial charge on any atom is 0.407 e. The van der Waals surface area contributed by atoms with Crippen molar-refractivity contribution in [2.75, 3.05) is 26.9 Å². The molecule has 0 aliphatic heterocycles. The largest absolute Gasteiger partial charge is 0.454 e. The molecular formula is C44H53N3O8. The Morgan fingerprint density at radius 2 is 1.53 bits per heavy atom. The molecule has 0 spiro atoms. The summed E-state index contributed by atoms with van der Waals surface area (Å²) < 4.78 is 17.4. The Morgan fingerprint density at radius 3 is 2.13 bits per heavy atom. The molecule has 2 aliphatic rings. The number of carbonyl (C=O) groups is 4. The lowest BCUT2D eigenvalue weighted by Gasteiger charge is -2.31. The number of aliphatic hydroxyl groups is 1. The standard InChI is InChI=1S/C44H53N3O8/c1-4-6-23-37(46-43(52)54-27-36-34-21-12-10-19-32(34)33-20-11-13-22-35(33)36)42(51)55-40(30-17-8-7-9-18-30)38(28-53-3)45-41(50)31(16-5-2)26-39(49)47-44(29-48)24-14-15-25-44/h4-5,7-13,17-22,31,36-38,40,48H,1-2,6,14-16,23-29H2,3H3,(H,45,50)(H,46,52)(H,47,49). The molecule has 11 heteroatoms. The normalized spacial score (nSPS) is 16.3. The molecule has 0 radical (unpaired) electrons. The minimum absolute atomic E-state index is 0.0314. The first kappa shape index (κ1) is 40.9. The van der Waals surface area contributed by atoms with Crippen molar-refractivity contribution in [3.05, 3.63) is 121 Å². The number of aliphatic hydroxyl groups excluding tert-OH is 1. The number of amides is 3. The number of nitrogens with one attached hydrogen (secondary N) is 3. The average Bonchev–Trinajstić information content (AvgIpc) is 3.80. The third-order valence-electron chi connectivity index (χ3n) is 10.5. The lowest BCUT2D eigenvalue weighted by molar-refractivity contribution is -0.155. The topological polar surface area (TPSA) is 152 Å². The van der Waals surface area contributed by atoms with Crippen LogP contribution >= 0.6 is 0 Å². The van der Waals surface area contributed by atoms with Gasteiger partial charge in [0, 0.05) is 19.4 Å². The van der Waals surface area contributed by atoms with Crippen LogP contribution in [0.15, 0.2) is 104 Å². The van der Waals surface area contributed by atoms with Crippen molar-refractivity contribution in [2.24, 2.45) is 5.92 Å². The number of allylic oxidation sites excluding steroid dienone is 2. The summed E-state index contributed by atoms with van der Waals surface area (Å²) >= 11 is 0. The maximum absolute atomic E-state index is 14.0. The number of ether oxygens (including phenoxy) is 3. The van der Waals surface area contributed by atoms with Crippen LogP contribution in [0.5, 0.6) is 0 Å². The van der Waals surface area contributed by atoms with E-state index in [0.717, 1.165) is 35.1 Å². The Kier molecular flexibility index (Phi) is 14.8. The summed E-state index contributed by atoms with van der Waals surface area (Å²) in [6, 6.07) is 23.0. The van der Waals surface area contributed by atoms with Gasteiger partial charge in [0.05, 0.1) is 30.7 Å². The number of benzene rings is 3. The van der Waals surface area contributed by atoms with Crippen molar-refractivity contribution in [1.82, 2.24) is 16.0 Å². The zero-order valence-corrected chi connectivity index (χ0v) is 31.5. The average molecular weight is 752 g/mol. The molecule has 55 heavy (non-hydrogen) atoms. The van der Waals surface area contributed by atoms with Crippen LogP contribution in [-0.2, 0) is 28.6 Å². The SMILES string of the molecule is C=CCCC(NC(=O)OCC1c2ccccc2-c2ccccc21)C(=O)OC(c1ccccc1)C(COC)NC(=O)C(CC=C)CC(=O)NC1(CO)CCCC1. The van der Waals surface area contributed by atoms with E-state index in [1.807, 2.05) is 42.5 Å². The number of alkyl carbamates (subject to hydrolysis) is 1. The van der Waals surface area contributed by atoms with Crippen molar-refractivity contribution >= 4 is 23.9 Å². The van der Waals surface area contributed by atoms with Gasteiger partial charge in [-0.1, -0.05) is 104 Å². The first-order valence-electron chi connectivity index (χ1n) is 19.0. The Balaban J connectivity index is 1.29. The van der Waals surface area contributed by atoms with Crippen LogP contribution in [-0.4, -0.2) is 73.5 Å². The van der Waals surface area contributed by atoms with Gasteiger partial charge in [0.25, 0.3) is 0 Å². The molecular weight excluding hydrogens is 698 g/mol. The Bertz CT molecular complexity index is 1740. The second-order valence-corrected chi connectivity index (χ2v) is 14.3. The fraction of sp³-hybridized carbons (Fsp3) is 0.409. The Labute approximate surface area is 323 Å². The van der Waals surface area contributed by atoms with Gasteiger partial charge in [0.1, 0.15) is 18.8 Å². The highest BCUT2D eigenvalue weighted by molar-refractivity contribution is 5.87. The van der Waals surface area contributed by atoms with E-state index in [4.69, 9.17) is 14.2 Å². The van der Waals surface area contributed by atoms with Gasteiger partial charge in [-0.15, -0.1) is 13.2 Å². The smallest absolute Gasteiger partial charge is 0.407 e. The summed E-state index contributed by atoms with van der Waals surface area (Å²) in [6.45, 7) is 7.44. The van der Waals surface area contributed by atoms with Crippen LogP contribution in [0, 0.1) is 5.92 Å². The monoisotopic (exact) mass is 751 g/mol. The zero-order chi connectivity index (χ0) is 39.2. The van der Waals surface area contributed by atoms with E-state index in [2.05, 4.69) is 41.2 Å². The molecule has 0 heterocycles. The molecule has 1 fully saturated rings. The van der Waals surface area contributed by atoms with Gasteiger partial charge < -0.3 is 35.3 Å². The second-order valence-electron chi connectivity index (χ2n) is 14.3. The Morgan fingerprint density at radius 1 is 0.891 bits per heavy atom. The fourth-order valence-corrected chi connectivity index (χ4v) is 7.66. The predicted octanol–water partition coefficient (Wildman–Crippen LogP) is 6.28. The summed E-state index contributed by atoms with van der Waals surface area (Å²) in [5.74, 6) is -2.45. The molecule has 3 aromatic carbocycles. The van der Waals surface area contributed by atoms with E-state index in [1.54, 1.807) is 36.4 Å². The summed E-state index contributed by atoms with van der Waals surface area (Å²) in [5.41, 5.74) is 4.24. The van der Waals surface area contributed by atoms with Crippen LogP contribution in [0.1, 0.15) is 80.1 Å². The fourth-order valence-electron chi connectivity index (χ4n) is 7.66. The molecule has 292 valence electrons. The molecule has 3 aromatic rings. The van der Waals surface area contributed by atoms with E-state index in [1.165, 1.54) is 7.11 Å². The van der Waals surface area contributed by atoms with E-state index in [0.29, 0.717) is 24.8 Å². The Hall–Kier alpha value is -5.26. The lowest BCUT2D eigenvalue weighted by atomic mass is 9.95. The molecule has 0 bridgehead atoms. The molecule has 0 aromatic heterocycles. The van der Waals surface area contributed by atoms with Crippen LogP contribution in [0.2, 0.25) is 0 Å². The van der Waals surface area contributed by atoms with Crippen LogP contribution < -0.4 is 16.0 Å². The van der Waals surface area contributed by atoms with Gasteiger partial charge in [0.15, 0.2) is 0 Å². The molecule has 2 aliphatic carbocycles. The third-order valence-corrected chi connectivity index (χ3v) is 10.5. The number of methoxy groups -OCH3 is 1. The molecule has 4 atom stereocenters. The van der Waals surface area contributed by atoms with Gasteiger partial charge >= 0.3 is 12.1 Å². The first-order valence-corrected chi connectivity index (χ1v) is 19.0. The van der Waals surface area contributed by atoms with Crippen LogP contribution in [0.3, 0.4) is 0 Å². The summed E-state index contributed by atoms with van der Waals surface area (Å²) in [6.07, 6.45) is 5.30. The number of hydrogen-bond donors (Lipinski definition) is 4. The van der Waals surface area contributed by atoms with Gasteiger partial charge in [0.2, 0.25) is 11.8 Å². The molecule has 11 nitrogen and oxygen atoms in total. The molecule has 4 unspecified atom stereocenters. The number of rotatable bonds is 20. The minimum atomic E-state index is -1.09. The molecule has 1 saturated carbocycles. The molecule has 3 amide bonds. The second kappa shape index (κ2) is 19.9. The van der Waals surface area contributed by atoms with E-state index < -0.39 is 47.6 Å². The third kappa shape index (κ3) is 10.5. The maximum atomic E-state index is 14.0. The number of hydrogen-bond acceptors (Lipinski definition) is 8. The highest BCUT2D eigenvalue weighted by Crippen LogP contribution is 2.44. The van der Waals surface area contributed by atoms with Crippen molar-refractivity contribution in [1.29, 1.82) is 0 Å². The van der Waals surface area contributed by atoms with Gasteiger partial charge in [-0.25, -0.2) is 9.59 Å². The van der Waals surface area contributed by atoms with E-state index in [-0.39, 0.29) is 50.9 Å². The van der Waals surface area contributed by atoms with E-state index in [9.17, 15) is 24.3 Å². The quantitative estimate of drug-likeness (QED) is 0.0778. The predicted molar refractivity (Wildman–Crippen MR) is 210 cm³/mol. The first-order chi connectivity index (χ1) is 26.7. The van der Waals surface area contributed by atoms with Crippen LogP contribution in [0.25, 0.3) is 11.1 Å². The summed E-state index contributed by atoms with van der Waals surface area (Å²) in [4.78, 5) is 54.3. The van der Waals surface area contributed by atoms with Crippen LogP contribution in [0.4, 0.5) is 4.79 Å². The highest BCUT2D eigenvalue weighted by Gasteiger charge is 2.37. The number of esters is 1. The zero-order valence-electron chi connectivity index (χ0n) is 31.5. The summed E-state index contributed by atoms with van der Waals surface area (Å²) in [5, 5.41) is 18.7. The number of carbonyl (C=O) groups excluding carboxylic acids is 4. The van der Waals surface area contributed by atoms with Crippen molar-refractivity contribution in [2.45, 2.75) is 81.0 Å². The van der Waals surface area contributed by atoms with Gasteiger partial charge in [-0.2, -0.15) is 0 Å². The van der Waals surface area contributed by atoms with Crippen molar-refractivity contribution in [3.8, 4) is 11.1 Å². The number of fused-ring (bicyclic) bond motifs is 3.